The minimum absolute atomic E-state index is 0.0347. The van der Waals surface area contributed by atoms with Gasteiger partial charge in [-0.15, -0.1) is 0 Å². The summed E-state index contributed by atoms with van der Waals surface area (Å²) in [7, 11) is 0. The van der Waals surface area contributed by atoms with Crippen molar-refractivity contribution in [1.82, 2.24) is 0 Å². The van der Waals surface area contributed by atoms with E-state index in [1.54, 1.807) is 0 Å². The number of rotatable bonds is 15. The average molecular weight is 1270 g/mol. The lowest BCUT2D eigenvalue weighted by Gasteiger charge is -2.29. The van der Waals surface area contributed by atoms with Crippen LogP contribution < -0.4 is 0 Å². The van der Waals surface area contributed by atoms with Gasteiger partial charge in [0, 0.05) is 31.2 Å². The second-order valence-electron chi connectivity index (χ2n) is 21.4. The van der Waals surface area contributed by atoms with Crippen LogP contribution in [0.25, 0.3) is 66.8 Å². The molecule has 13 aromatic rings. The molecule has 0 aromatic heterocycles. The Morgan fingerprint density at radius 3 is 0.429 bits per heavy atom. The molecular weight excluding hydrogens is 1210 g/mol. The highest BCUT2D eigenvalue weighted by Crippen LogP contribution is 2.57. The Kier molecular flexibility index (Phi) is 16.3. The molecule has 402 valence electrons. The summed E-state index contributed by atoms with van der Waals surface area (Å²) < 4.78 is 3.06. The van der Waals surface area contributed by atoms with Gasteiger partial charge in [0.25, 0.3) is 0 Å². The summed E-state index contributed by atoms with van der Waals surface area (Å²) in [5.41, 5.74) is 24.8. The summed E-state index contributed by atoms with van der Waals surface area (Å²) in [5.74, 6) is 0.104. The van der Waals surface area contributed by atoms with Crippen molar-refractivity contribution in [3.8, 4) is 66.8 Å². The molecule has 13 aromatic carbocycles. The van der Waals surface area contributed by atoms with E-state index in [2.05, 4.69) is 375 Å². The molecule has 13 rings (SSSR count). The van der Waals surface area contributed by atoms with Gasteiger partial charge in [0.2, 0.25) is 0 Å². The topological polar surface area (TPSA) is 0 Å². The third-order valence-corrected chi connectivity index (χ3v) is 17.9. The zero-order valence-electron chi connectivity index (χ0n) is 46.0. The summed E-state index contributed by atoms with van der Waals surface area (Å²) in [6, 6.07) is 121. The SMILES string of the molecule is Brc1ccc(-c2c(-c3ccc(C(c4ccccc4)c4ccccc4)cc3)c(-c3ccc(Br)cc3)c(-c3ccc(C(c4ccccc4)c4ccccc4)cc3)c(-c3ccc(Br)cc3)c2-c2ccc(C(c3ccccc3)c3ccccc3)cc2)cc1. The highest BCUT2D eigenvalue weighted by atomic mass is 79.9. The summed E-state index contributed by atoms with van der Waals surface area (Å²) in [5, 5.41) is 0. The number of halogens is 3. The fourth-order valence-electron chi connectivity index (χ4n) is 12.5. The standard InChI is InChI=1S/C81H57Br3/c82-70-49-43-67(44-50-70)79-76(64-37-31-61(32-38-64)73(55-19-7-1-8-20-55)56-21-9-2-10-22-56)80(68-45-51-71(83)52-46-68)78(66-41-35-63(36-42-66)75(59-27-15-5-16-28-59)60-29-17-6-18-30-60)81(69-47-53-72(84)54-48-69)77(79)65-39-33-62(34-40-65)74(57-23-11-3-12-24-57)58-25-13-4-14-26-58/h1-54,73-75H. The first kappa shape index (κ1) is 54.5. The van der Waals surface area contributed by atoms with E-state index in [9.17, 15) is 0 Å². The first-order chi connectivity index (χ1) is 41.4. The number of benzene rings is 13. The summed E-state index contributed by atoms with van der Waals surface area (Å²) in [6.07, 6.45) is 0. The largest absolute Gasteiger partial charge is 0.0622 e. The van der Waals surface area contributed by atoms with Crippen molar-refractivity contribution in [3.05, 3.63) is 391 Å². The Balaban J connectivity index is 1.14. The van der Waals surface area contributed by atoms with Crippen molar-refractivity contribution in [3.63, 3.8) is 0 Å². The lowest BCUT2D eigenvalue weighted by molar-refractivity contribution is 0.978. The van der Waals surface area contributed by atoms with Gasteiger partial charge in [0.05, 0.1) is 0 Å². The monoisotopic (exact) mass is 1270 g/mol. The van der Waals surface area contributed by atoms with Crippen LogP contribution in [0.15, 0.2) is 341 Å². The molecule has 0 aliphatic rings. The summed E-state index contributed by atoms with van der Waals surface area (Å²) >= 11 is 11.6. The zero-order chi connectivity index (χ0) is 56.8. The fourth-order valence-corrected chi connectivity index (χ4v) is 13.3. The number of hydrogen-bond acceptors (Lipinski definition) is 0. The normalized spacial score (nSPS) is 11.4. The highest BCUT2D eigenvalue weighted by Gasteiger charge is 2.31. The third kappa shape index (κ3) is 11.4. The molecule has 0 saturated heterocycles. The van der Waals surface area contributed by atoms with Gasteiger partial charge in [-0.05, 0) is 153 Å². The van der Waals surface area contributed by atoms with Crippen molar-refractivity contribution in [1.29, 1.82) is 0 Å². The lowest BCUT2D eigenvalue weighted by atomic mass is 9.73. The fraction of sp³-hybridized carbons (Fsp3) is 0.0370. The Morgan fingerprint density at radius 2 is 0.274 bits per heavy atom. The first-order valence-corrected chi connectivity index (χ1v) is 30.9. The molecule has 0 aliphatic heterocycles. The van der Waals surface area contributed by atoms with Crippen LogP contribution in [-0.2, 0) is 0 Å². The Morgan fingerprint density at radius 1 is 0.143 bits per heavy atom. The minimum Gasteiger partial charge on any atom is -0.0622 e. The maximum Gasteiger partial charge on any atom is 0.0339 e. The van der Waals surface area contributed by atoms with E-state index in [1.807, 2.05) is 0 Å². The van der Waals surface area contributed by atoms with E-state index in [4.69, 9.17) is 0 Å². The van der Waals surface area contributed by atoms with Crippen LogP contribution in [0.2, 0.25) is 0 Å². The molecular formula is C81H57Br3. The third-order valence-electron chi connectivity index (χ3n) is 16.3. The highest BCUT2D eigenvalue weighted by molar-refractivity contribution is 9.11. The van der Waals surface area contributed by atoms with Crippen LogP contribution in [0.4, 0.5) is 0 Å². The maximum absolute atomic E-state index is 3.86. The van der Waals surface area contributed by atoms with Gasteiger partial charge in [0.1, 0.15) is 0 Å². The molecule has 0 saturated carbocycles. The molecule has 0 nitrogen and oxygen atoms in total. The smallest absolute Gasteiger partial charge is 0.0339 e. The molecule has 3 heteroatoms. The van der Waals surface area contributed by atoms with Gasteiger partial charge in [0.15, 0.2) is 0 Å². The van der Waals surface area contributed by atoms with E-state index < -0.39 is 0 Å². The molecule has 0 aliphatic carbocycles. The van der Waals surface area contributed by atoms with Crippen molar-refractivity contribution < 1.29 is 0 Å². The van der Waals surface area contributed by atoms with Crippen LogP contribution >= 0.6 is 47.8 Å². The van der Waals surface area contributed by atoms with Crippen molar-refractivity contribution in [2.75, 3.05) is 0 Å². The molecule has 0 spiro atoms. The Bertz CT molecular complexity index is 3690. The molecule has 0 N–H and O–H groups in total. The van der Waals surface area contributed by atoms with Crippen molar-refractivity contribution in [2.45, 2.75) is 17.8 Å². The van der Waals surface area contributed by atoms with Gasteiger partial charge in [-0.3, -0.25) is 0 Å². The minimum atomic E-state index is 0.0347. The first-order valence-electron chi connectivity index (χ1n) is 28.6. The molecule has 0 radical (unpaired) electrons. The van der Waals surface area contributed by atoms with Gasteiger partial charge in [-0.2, -0.15) is 0 Å². The van der Waals surface area contributed by atoms with E-state index in [-0.39, 0.29) is 17.8 Å². The molecule has 84 heavy (non-hydrogen) atoms. The van der Waals surface area contributed by atoms with Gasteiger partial charge in [-0.1, -0.05) is 339 Å². The molecule has 0 unspecified atom stereocenters. The van der Waals surface area contributed by atoms with E-state index >= 15 is 0 Å². The van der Waals surface area contributed by atoms with Crippen LogP contribution in [0.3, 0.4) is 0 Å². The molecule has 0 bridgehead atoms. The second kappa shape index (κ2) is 25.0. The molecule has 0 heterocycles. The van der Waals surface area contributed by atoms with Crippen molar-refractivity contribution >= 4 is 47.8 Å². The molecule has 0 amide bonds. The Hall–Kier alpha value is -8.70. The molecule has 0 atom stereocenters. The van der Waals surface area contributed by atoms with E-state index in [1.165, 1.54) is 50.1 Å². The Labute approximate surface area is 519 Å². The lowest BCUT2D eigenvalue weighted by Crippen LogP contribution is -2.05. The van der Waals surface area contributed by atoms with Crippen LogP contribution in [0.5, 0.6) is 0 Å². The van der Waals surface area contributed by atoms with E-state index in [0.717, 1.165) is 80.2 Å². The number of hydrogen-bond donors (Lipinski definition) is 0. The molecule has 0 fully saturated rings. The van der Waals surface area contributed by atoms with Gasteiger partial charge >= 0.3 is 0 Å². The summed E-state index contributed by atoms with van der Waals surface area (Å²) in [6.45, 7) is 0. The van der Waals surface area contributed by atoms with E-state index in [0.29, 0.717) is 0 Å². The van der Waals surface area contributed by atoms with Crippen molar-refractivity contribution in [2.24, 2.45) is 0 Å². The average Bonchev–Trinajstić information content (AvgIpc) is 1.01. The predicted molar refractivity (Wildman–Crippen MR) is 364 cm³/mol. The van der Waals surface area contributed by atoms with Crippen LogP contribution in [0, 0.1) is 0 Å². The second-order valence-corrected chi connectivity index (χ2v) is 24.1. The van der Waals surface area contributed by atoms with Crippen LogP contribution in [-0.4, -0.2) is 0 Å². The van der Waals surface area contributed by atoms with Gasteiger partial charge < -0.3 is 0 Å². The predicted octanol–water partition coefficient (Wildman–Crippen LogP) is 23.5. The van der Waals surface area contributed by atoms with Crippen LogP contribution in [0.1, 0.15) is 67.8 Å². The van der Waals surface area contributed by atoms with Gasteiger partial charge in [-0.25, -0.2) is 0 Å². The maximum atomic E-state index is 3.86. The summed E-state index contributed by atoms with van der Waals surface area (Å²) in [4.78, 5) is 0. The zero-order valence-corrected chi connectivity index (χ0v) is 50.8. The quantitative estimate of drug-likeness (QED) is 0.0898.